The van der Waals surface area contributed by atoms with Crippen LogP contribution in [0.2, 0.25) is 0 Å². The van der Waals surface area contributed by atoms with Crippen molar-refractivity contribution in [3.05, 3.63) is 53.1 Å². The van der Waals surface area contributed by atoms with Crippen LogP contribution >= 0.6 is 0 Å². The van der Waals surface area contributed by atoms with Crippen LogP contribution in [-0.4, -0.2) is 57.7 Å². The summed E-state index contributed by atoms with van der Waals surface area (Å²) in [5, 5.41) is 41.4. The van der Waals surface area contributed by atoms with Crippen LogP contribution in [0.25, 0.3) is 22.3 Å². The van der Waals surface area contributed by atoms with Crippen molar-refractivity contribution in [1.29, 1.82) is 0 Å². The highest BCUT2D eigenvalue weighted by molar-refractivity contribution is 5.84. The van der Waals surface area contributed by atoms with Gasteiger partial charge in [0.2, 0.25) is 0 Å². The van der Waals surface area contributed by atoms with E-state index in [1.54, 1.807) is 30.3 Å². The Morgan fingerprint density at radius 2 is 1.89 bits per heavy atom. The first-order valence-electron chi connectivity index (χ1n) is 8.43. The zero-order valence-corrected chi connectivity index (χ0v) is 14.6. The summed E-state index contributed by atoms with van der Waals surface area (Å²) < 4.78 is 10.5. The Balaban J connectivity index is 1.86. The lowest BCUT2D eigenvalue weighted by Gasteiger charge is -2.26. The molecule has 9 heteroatoms. The van der Waals surface area contributed by atoms with E-state index in [1.165, 1.54) is 12.3 Å². The molecule has 0 aliphatic carbocycles. The van der Waals surface area contributed by atoms with Crippen LogP contribution in [0.3, 0.4) is 0 Å². The molecule has 0 unspecified atom stereocenters. The lowest BCUT2D eigenvalue weighted by Crippen LogP contribution is -2.49. The van der Waals surface area contributed by atoms with Crippen molar-refractivity contribution in [3.63, 3.8) is 0 Å². The lowest BCUT2D eigenvalue weighted by molar-refractivity contribution is -0.117. The third kappa shape index (κ3) is 3.97. The smallest absolute Gasteiger partial charge is 0.347 e. The molecule has 2 aromatic heterocycles. The van der Waals surface area contributed by atoms with E-state index in [9.17, 15) is 24.9 Å². The molecule has 0 radical (unpaired) electrons. The minimum absolute atomic E-state index is 0.236. The van der Waals surface area contributed by atoms with Gasteiger partial charge < -0.3 is 39.4 Å². The molecule has 0 fully saturated rings. The molecule has 0 saturated carbocycles. The van der Waals surface area contributed by atoms with Crippen molar-refractivity contribution >= 4 is 22.9 Å². The minimum atomic E-state index is -1.73. The number of carbonyl (C=O) groups is 1. The topological polar surface area (TPSA) is 153 Å². The van der Waals surface area contributed by atoms with Gasteiger partial charge in [0.1, 0.15) is 47.5 Å². The van der Waals surface area contributed by atoms with Crippen LogP contribution in [0.4, 0.5) is 5.69 Å². The molecule has 5 N–H and O–H groups in total. The summed E-state index contributed by atoms with van der Waals surface area (Å²) in [5.74, 6) is 0.374. The predicted octanol–water partition coefficient (Wildman–Crippen LogP) is 0.107. The summed E-state index contributed by atoms with van der Waals surface area (Å²) in [7, 11) is 0. The molecule has 0 aliphatic rings. The number of aldehydes is 1. The van der Waals surface area contributed by atoms with Crippen LogP contribution < -0.4 is 10.9 Å². The summed E-state index contributed by atoms with van der Waals surface area (Å²) in [6, 6.07) is 8.31. The van der Waals surface area contributed by atoms with Gasteiger partial charge >= 0.3 is 5.63 Å². The Hall–Kier alpha value is -2.98. The van der Waals surface area contributed by atoms with Gasteiger partial charge in [0.05, 0.1) is 12.9 Å². The van der Waals surface area contributed by atoms with E-state index in [0.29, 0.717) is 23.1 Å². The second-order valence-corrected chi connectivity index (χ2v) is 6.21. The monoisotopic (exact) mass is 389 g/mol. The van der Waals surface area contributed by atoms with Gasteiger partial charge in [0, 0.05) is 17.1 Å². The highest BCUT2D eigenvalue weighted by Crippen LogP contribution is 2.24. The van der Waals surface area contributed by atoms with Gasteiger partial charge in [0.15, 0.2) is 0 Å². The van der Waals surface area contributed by atoms with E-state index < -0.39 is 36.6 Å². The summed E-state index contributed by atoms with van der Waals surface area (Å²) in [5.41, 5.74) is 0.234. The molecule has 0 bridgehead atoms. The van der Waals surface area contributed by atoms with Crippen molar-refractivity contribution in [2.45, 2.75) is 24.4 Å². The molecule has 0 amide bonds. The molecular formula is C19H19NO8. The normalized spacial score (nSPS) is 15.7. The largest absolute Gasteiger partial charge is 0.464 e. The van der Waals surface area contributed by atoms with Gasteiger partial charge in [0.25, 0.3) is 0 Å². The Kier molecular flexibility index (Phi) is 5.90. The van der Waals surface area contributed by atoms with Crippen LogP contribution in [-0.2, 0) is 4.79 Å². The number of anilines is 1. The quantitative estimate of drug-likeness (QED) is 0.267. The SMILES string of the molecule is O=C[C@H](Nc1ccc2cc(-c3ccco3)c(=O)oc2c1)[C@@H](O)[C@H](O)[C@H](O)CO. The number of nitrogens with one attached hydrogen (secondary N) is 1. The van der Waals surface area contributed by atoms with Gasteiger partial charge in [-0.25, -0.2) is 4.79 Å². The highest BCUT2D eigenvalue weighted by Gasteiger charge is 2.31. The first-order valence-corrected chi connectivity index (χ1v) is 8.43. The van der Waals surface area contributed by atoms with E-state index in [1.807, 2.05) is 0 Å². The van der Waals surface area contributed by atoms with Crippen molar-refractivity contribution in [3.8, 4) is 11.3 Å². The van der Waals surface area contributed by atoms with E-state index in [4.69, 9.17) is 13.9 Å². The molecule has 0 spiro atoms. The van der Waals surface area contributed by atoms with Crippen molar-refractivity contribution in [1.82, 2.24) is 0 Å². The van der Waals surface area contributed by atoms with Crippen LogP contribution in [0.5, 0.6) is 0 Å². The fourth-order valence-corrected chi connectivity index (χ4v) is 2.74. The Morgan fingerprint density at radius 1 is 1.11 bits per heavy atom. The second-order valence-electron chi connectivity index (χ2n) is 6.21. The summed E-state index contributed by atoms with van der Waals surface area (Å²) in [6.07, 6.45) is -3.21. The molecule has 2 heterocycles. The molecule has 3 rings (SSSR count). The number of aliphatic hydroxyl groups excluding tert-OH is 4. The van der Waals surface area contributed by atoms with Crippen LogP contribution in [0, 0.1) is 0 Å². The molecule has 0 saturated heterocycles. The fraction of sp³-hybridized carbons (Fsp3) is 0.263. The number of carbonyl (C=O) groups excluding carboxylic acids is 1. The number of benzene rings is 1. The van der Waals surface area contributed by atoms with E-state index >= 15 is 0 Å². The highest BCUT2D eigenvalue weighted by atomic mass is 16.4. The molecular weight excluding hydrogens is 370 g/mol. The van der Waals surface area contributed by atoms with Gasteiger partial charge in [-0.15, -0.1) is 0 Å². The number of fused-ring (bicyclic) bond motifs is 1. The summed E-state index contributed by atoms with van der Waals surface area (Å²) in [6.45, 7) is -0.775. The molecule has 1 aromatic carbocycles. The lowest BCUT2D eigenvalue weighted by atomic mass is 10.0. The zero-order chi connectivity index (χ0) is 20.3. The van der Waals surface area contributed by atoms with E-state index in [2.05, 4.69) is 5.32 Å². The Morgan fingerprint density at radius 3 is 2.54 bits per heavy atom. The molecule has 4 atom stereocenters. The van der Waals surface area contributed by atoms with Gasteiger partial charge in [-0.2, -0.15) is 0 Å². The van der Waals surface area contributed by atoms with E-state index in [0.717, 1.165) is 0 Å². The Bertz CT molecular complexity index is 997. The average molecular weight is 389 g/mol. The van der Waals surface area contributed by atoms with Crippen molar-refractivity contribution in [2.75, 3.05) is 11.9 Å². The maximum absolute atomic E-state index is 12.2. The van der Waals surface area contributed by atoms with Crippen molar-refractivity contribution in [2.24, 2.45) is 0 Å². The molecule has 3 aromatic rings. The zero-order valence-electron chi connectivity index (χ0n) is 14.6. The maximum Gasteiger partial charge on any atom is 0.347 e. The number of hydrogen-bond acceptors (Lipinski definition) is 9. The number of furan rings is 1. The Labute approximate surface area is 158 Å². The summed E-state index contributed by atoms with van der Waals surface area (Å²) in [4.78, 5) is 23.5. The maximum atomic E-state index is 12.2. The molecule has 9 nitrogen and oxygen atoms in total. The molecule has 148 valence electrons. The first-order chi connectivity index (χ1) is 13.4. The van der Waals surface area contributed by atoms with Gasteiger partial charge in [-0.3, -0.25) is 0 Å². The third-order valence-electron chi connectivity index (χ3n) is 4.30. The molecule has 0 aliphatic heterocycles. The average Bonchev–Trinajstić information content (AvgIpc) is 3.24. The van der Waals surface area contributed by atoms with Crippen LogP contribution in [0.15, 0.2) is 56.3 Å². The predicted molar refractivity (Wildman–Crippen MR) is 98.8 cm³/mol. The number of rotatable bonds is 8. The summed E-state index contributed by atoms with van der Waals surface area (Å²) >= 11 is 0. The number of hydrogen-bond donors (Lipinski definition) is 5. The van der Waals surface area contributed by atoms with Crippen molar-refractivity contribution < 1.29 is 34.1 Å². The van der Waals surface area contributed by atoms with Gasteiger partial charge in [-0.05, 0) is 30.3 Å². The minimum Gasteiger partial charge on any atom is -0.464 e. The fourth-order valence-electron chi connectivity index (χ4n) is 2.74. The van der Waals surface area contributed by atoms with E-state index in [-0.39, 0.29) is 11.1 Å². The number of aliphatic hydroxyl groups is 4. The third-order valence-corrected chi connectivity index (χ3v) is 4.30. The second kappa shape index (κ2) is 8.36. The standard InChI is InChI=1S/C19H19NO8/c21-8-13(17(24)18(25)14(23)9-22)20-11-4-3-10-6-12(15-2-1-5-27-15)19(26)28-16(10)7-11/h1-8,13-14,17-18,20,22-25H,9H2/t13-,14+,17+,18+/m0/s1. The first kappa shape index (κ1) is 19.8. The van der Waals surface area contributed by atoms with Crippen LogP contribution in [0.1, 0.15) is 0 Å². The van der Waals surface area contributed by atoms with Gasteiger partial charge in [-0.1, -0.05) is 0 Å². The molecule has 28 heavy (non-hydrogen) atoms.